The molecule has 0 unspecified atom stereocenters. The van der Waals surface area contributed by atoms with E-state index in [1.807, 2.05) is 6.07 Å². The summed E-state index contributed by atoms with van der Waals surface area (Å²) < 4.78 is 13.2. The standard InChI is InChI=1S/C19H21FN4O/c20-17-5-3-4-16(12-17)14-24-10-7-15(8-11-24)13-22-23-19(25)18-6-1-2-9-21-18/h1-6,9,12-13,15H,7-8,10-11,14H2,(H,23,25)/b22-13+. The van der Waals surface area contributed by atoms with Crippen molar-refractivity contribution < 1.29 is 9.18 Å². The molecule has 0 aliphatic carbocycles. The normalized spacial score (nSPS) is 16.2. The number of hydrazone groups is 1. The summed E-state index contributed by atoms with van der Waals surface area (Å²) in [7, 11) is 0. The Kier molecular flexibility index (Phi) is 5.85. The van der Waals surface area contributed by atoms with Crippen molar-refractivity contribution >= 4 is 12.1 Å². The van der Waals surface area contributed by atoms with Crippen LogP contribution >= 0.6 is 0 Å². The van der Waals surface area contributed by atoms with E-state index in [1.54, 1.807) is 42.7 Å². The molecule has 5 nitrogen and oxygen atoms in total. The summed E-state index contributed by atoms with van der Waals surface area (Å²) in [6.07, 6.45) is 5.32. The van der Waals surface area contributed by atoms with Gasteiger partial charge < -0.3 is 0 Å². The summed E-state index contributed by atoms with van der Waals surface area (Å²) in [6, 6.07) is 11.9. The molecule has 1 saturated heterocycles. The molecule has 2 aromatic rings. The van der Waals surface area contributed by atoms with Crippen LogP contribution in [0.25, 0.3) is 0 Å². The monoisotopic (exact) mass is 340 g/mol. The number of carbonyl (C=O) groups excluding carboxylic acids is 1. The minimum Gasteiger partial charge on any atom is -0.299 e. The van der Waals surface area contributed by atoms with Crippen molar-refractivity contribution in [2.45, 2.75) is 19.4 Å². The van der Waals surface area contributed by atoms with Crippen LogP contribution in [0.1, 0.15) is 28.9 Å². The maximum Gasteiger partial charge on any atom is 0.289 e. The van der Waals surface area contributed by atoms with Crippen molar-refractivity contribution in [3.05, 3.63) is 65.7 Å². The molecular weight excluding hydrogens is 319 g/mol. The van der Waals surface area contributed by atoms with Crippen LogP contribution in [0.3, 0.4) is 0 Å². The van der Waals surface area contributed by atoms with Crippen LogP contribution < -0.4 is 5.43 Å². The van der Waals surface area contributed by atoms with E-state index < -0.39 is 0 Å². The Morgan fingerprint density at radius 2 is 2.12 bits per heavy atom. The second-order valence-corrected chi connectivity index (χ2v) is 6.18. The summed E-state index contributed by atoms with van der Waals surface area (Å²) in [6.45, 7) is 2.63. The molecule has 6 heteroatoms. The van der Waals surface area contributed by atoms with Gasteiger partial charge in [-0.25, -0.2) is 9.82 Å². The Balaban J connectivity index is 1.42. The number of halogens is 1. The highest BCUT2D eigenvalue weighted by atomic mass is 19.1. The van der Waals surface area contributed by atoms with Crippen molar-refractivity contribution in [3.63, 3.8) is 0 Å². The number of pyridine rings is 1. The van der Waals surface area contributed by atoms with Crippen molar-refractivity contribution in [1.29, 1.82) is 0 Å². The van der Waals surface area contributed by atoms with E-state index in [4.69, 9.17) is 0 Å². The average molecular weight is 340 g/mol. The summed E-state index contributed by atoms with van der Waals surface area (Å²) in [4.78, 5) is 18.1. The van der Waals surface area contributed by atoms with Crippen LogP contribution in [0.2, 0.25) is 0 Å². The molecule has 0 saturated carbocycles. The highest BCUT2D eigenvalue weighted by Crippen LogP contribution is 2.18. The topological polar surface area (TPSA) is 57.6 Å². The van der Waals surface area contributed by atoms with Crippen LogP contribution in [-0.2, 0) is 6.54 Å². The summed E-state index contributed by atoms with van der Waals surface area (Å²) in [5.74, 6) is -0.156. The van der Waals surface area contributed by atoms with E-state index in [0.29, 0.717) is 11.6 Å². The van der Waals surface area contributed by atoms with Crippen LogP contribution in [-0.4, -0.2) is 35.1 Å². The number of amides is 1. The molecule has 3 rings (SSSR count). The van der Waals surface area contributed by atoms with Gasteiger partial charge in [-0.3, -0.25) is 14.7 Å². The Morgan fingerprint density at radius 3 is 2.84 bits per heavy atom. The highest BCUT2D eigenvalue weighted by Gasteiger charge is 2.18. The minimum absolute atomic E-state index is 0.192. The number of hydrogen-bond acceptors (Lipinski definition) is 4. The predicted molar refractivity (Wildman–Crippen MR) is 94.6 cm³/mol. The fraction of sp³-hybridized carbons (Fsp3) is 0.316. The third-order valence-electron chi connectivity index (χ3n) is 4.28. The zero-order valence-electron chi connectivity index (χ0n) is 13.9. The van der Waals surface area contributed by atoms with E-state index in [1.165, 1.54) is 6.07 Å². The van der Waals surface area contributed by atoms with Gasteiger partial charge in [0.1, 0.15) is 11.5 Å². The molecule has 1 aromatic carbocycles. The fourth-order valence-corrected chi connectivity index (χ4v) is 2.91. The summed E-state index contributed by atoms with van der Waals surface area (Å²) in [5, 5.41) is 4.06. The first kappa shape index (κ1) is 17.2. The lowest BCUT2D eigenvalue weighted by Gasteiger charge is -2.30. The zero-order chi connectivity index (χ0) is 17.5. The van der Waals surface area contributed by atoms with Gasteiger partial charge in [0.25, 0.3) is 5.91 Å². The van der Waals surface area contributed by atoms with Gasteiger partial charge in [0.05, 0.1) is 0 Å². The fourth-order valence-electron chi connectivity index (χ4n) is 2.91. The average Bonchev–Trinajstić information content (AvgIpc) is 2.64. The van der Waals surface area contributed by atoms with E-state index in [-0.39, 0.29) is 11.7 Å². The SMILES string of the molecule is O=C(N/N=C/C1CCN(Cc2cccc(F)c2)CC1)c1ccccn1. The Labute approximate surface area is 146 Å². The minimum atomic E-state index is -0.305. The van der Waals surface area contributed by atoms with Gasteiger partial charge in [0, 0.05) is 19.0 Å². The molecule has 1 aromatic heterocycles. The van der Waals surface area contributed by atoms with E-state index in [9.17, 15) is 9.18 Å². The number of likely N-dealkylation sites (tertiary alicyclic amines) is 1. The Morgan fingerprint density at radius 1 is 1.28 bits per heavy atom. The number of benzene rings is 1. The lowest BCUT2D eigenvalue weighted by Crippen LogP contribution is -2.34. The molecule has 2 heterocycles. The largest absolute Gasteiger partial charge is 0.299 e. The van der Waals surface area contributed by atoms with Crippen LogP contribution in [0.5, 0.6) is 0 Å². The third-order valence-corrected chi connectivity index (χ3v) is 4.28. The Bertz CT molecular complexity index is 727. The van der Waals surface area contributed by atoms with Gasteiger partial charge >= 0.3 is 0 Å². The first-order valence-electron chi connectivity index (χ1n) is 8.42. The molecule has 0 spiro atoms. The number of carbonyl (C=O) groups is 1. The van der Waals surface area contributed by atoms with E-state index in [2.05, 4.69) is 20.4 Å². The first-order valence-corrected chi connectivity index (χ1v) is 8.42. The van der Waals surface area contributed by atoms with Crippen molar-refractivity contribution in [3.8, 4) is 0 Å². The second-order valence-electron chi connectivity index (χ2n) is 6.18. The molecule has 1 N–H and O–H groups in total. The van der Waals surface area contributed by atoms with Crippen LogP contribution in [0, 0.1) is 11.7 Å². The van der Waals surface area contributed by atoms with E-state index >= 15 is 0 Å². The Hall–Kier alpha value is -2.60. The molecule has 0 bridgehead atoms. The first-order chi connectivity index (χ1) is 12.2. The molecule has 0 radical (unpaired) electrons. The van der Waals surface area contributed by atoms with Crippen LogP contribution in [0.4, 0.5) is 4.39 Å². The molecule has 25 heavy (non-hydrogen) atoms. The number of rotatable bonds is 5. The smallest absolute Gasteiger partial charge is 0.289 e. The maximum atomic E-state index is 13.2. The van der Waals surface area contributed by atoms with Gasteiger partial charge in [-0.1, -0.05) is 18.2 Å². The lowest BCUT2D eigenvalue weighted by atomic mass is 9.98. The number of aromatic nitrogens is 1. The number of nitrogens with one attached hydrogen (secondary N) is 1. The van der Waals surface area contributed by atoms with Crippen LogP contribution in [0.15, 0.2) is 53.8 Å². The molecule has 130 valence electrons. The summed E-state index contributed by atoms with van der Waals surface area (Å²) >= 11 is 0. The van der Waals surface area contributed by atoms with Crippen molar-refractivity contribution in [1.82, 2.24) is 15.3 Å². The number of nitrogens with zero attached hydrogens (tertiary/aromatic N) is 3. The van der Waals surface area contributed by atoms with E-state index in [0.717, 1.165) is 38.0 Å². The molecule has 1 aliphatic heterocycles. The quantitative estimate of drug-likeness (QED) is 0.673. The molecule has 1 aliphatic rings. The van der Waals surface area contributed by atoms with Gasteiger partial charge in [-0.15, -0.1) is 0 Å². The number of hydrogen-bond donors (Lipinski definition) is 1. The van der Waals surface area contributed by atoms with Crippen molar-refractivity contribution in [2.24, 2.45) is 11.0 Å². The molecule has 1 amide bonds. The lowest BCUT2D eigenvalue weighted by molar-refractivity contribution is 0.0949. The number of piperidine rings is 1. The van der Waals surface area contributed by atoms with Gasteiger partial charge in [0.15, 0.2) is 0 Å². The maximum absolute atomic E-state index is 13.2. The zero-order valence-corrected chi connectivity index (χ0v) is 13.9. The molecule has 0 atom stereocenters. The van der Waals surface area contributed by atoms with Gasteiger partial charge in [-0.05, 0) is 61.7 Å². The van der Waals surface area contributed by atoms with Gasteiger partial charge in [-0.2, -0.15) is 5.10 Å². The predicted octanol–water partition coefficient (Wildman–Crippen LogP) is 2.85. The van der Waals surface area contributed by atoms with Gasteiger partial charge in [0.2, 0.25) is 0 Å². The second kappa shape index (κ2) is 8.48. The summed E-state index contributed by atoms with van der Waals surface area (Å²) in [5.41, 5.74) is 3.86. The molecule has 1 fully saturated rings. The third kappa shape index (κ3) is 5.19. The highest BCUT2D eigenvalue weighted by molar-refractivity contribution is 5.92. The van der Waals surface area contributed by atoms with Crippen molar-refractivity contribution in [2.75, 3.05) is 13.1 Å². The molecular formula is C19H21FN4O.